The molecule has 1 aromatic heterocycles. The lowest BCUT2D eigenvalue weighted by Crippen LogP contribution is -2.22. The van der Waals surface area contributed by atoms with Gasteiger partial charge in [0, 0.05) is 12.1 Å². The molecule has 36 heavy (non-hydrogen) atoms. The van der Waals surface area contributed by atoms with Crippen molar-refractivity contribution in [3.63, 3.8) is 0 Å². The first-order chi connectivity index (χ1) is 17.1. The maximum atomic E-state index is 12.7. The number of carbonyl (C=O) groups excluding carboxylic acids is 3. The van der Waals surface area contributed by atoms with Crippen molar-refractivity contribution in [2.24, 2.45) is 0 Å². The van der Waals surface area contributed by atoms with Gasteiger partial charge in [0.05, 0.1) is 29.2 Å². The van der Waals surface area contributed by atoms with Crippen molar-refractivity contribution in [1.82, 2.24) is 5.32 Å². The maximum Gasteiger partial charge on any atom is 0.573 e. The Balaban J connectivity index is 1.75. The van der Waals surface area contributed by atoms with Crippen LogP contribution in [0.3, 0.4) is 0 Å². The summed E-state index contributed by atoms with van der Waals surface area (Å²) in [6.07, 6.45) is -4.85. The zero-order chi connectivity index (χ0) is 26.3. The van der Waals surface area contributed by atoms with Crippen LogP contribution in [0.4, 0.5) is 13.2 Å². The van der Waals surface area contributed by atoms with Gasteiger partial charge in [0.15, 0.2) is 0 Å². The summed E-state index contributed by atoms with van der Waals surface area (Å²) >= 11 is 1.06. The Labute approximate surface area is 208 Å². The number of hydrogen-bond donors (Lipinski definition) is 1. The van der Waals surface area contributed by atoms with Crippen molar-refractivity contribution in [2.45, 2.75) is 26.8 Å². The summed E-state index contributed by atoms with van der Waals surface area (Å²) in [6.45, 7) is 3.54. The molecule has 0 bridgehead atoms. The van der Waals surface area contributed by atoms with Gasteiger partial charge in [-0.15, -0.1) is 24.5 Å². The van der Waals surface area contributed by atoms with Crippen LogP contribution in [0.5, 0.6) is 5.75 Å². The van der Waals surface area contributed by atoms with E-state index in [1.165, 1.54) is 36.4 Å². The molecule has 1 heterocycles. The number of esters is 2. The Morgan fingerprint density at radius 2 is 1.58 bits per heavy atom. The van der Waals surface area contributed by atoms with E-state index in [0.29, 0.717) is 11.1 Å². The third kappa shape index (κ3) is 6.85. The fraction of sp³-hybridized carbons (Fsp3) is 0.240. The second-order valence-corrected chi connectivity index (χ2v) is 8.16. The third-order valence-corrected chi connectivity index (χ3v) is 5.70. The van der Waals surface area contributed by atoms with Crippen LogP contribution in [0.2, 0.25) is 0 Å². The number of carbonyl (C=O) groups is 3. The van der Waals surface area contributed by atoms with Gasteiger partial charge in [0.2, 0.25) is 0 Å². The standard InChI is InChI=1S/C25H22F3NO6S/c1-3-33-23(31)18-10-9-15(11-19(18)24(32)34-4-2)13-29-22(30)21-12-16(14-36-21)17-7-5-6-8-20(17)35-25(26,27)28/h5-12,14H,3-4,13H2,1-2H3,(H,29,30). The molecule has 3 rings (SSSR count). The monoisotopic (exact) mass is 521 g/mol. The van der Waals surface area contributed by atoms with Gasteiger partial charge in [-0.25, -0.2) is 9.59 Å². The largest absolute Gasteiger partial charge is 0.573 e. The highest BCUT2D eigenvalue weighted by Gasteiger charge is 2.32. The lowest BCUT2D eigenvalue weighted by Gasteiger charge is -2.12. The first-order valence-corrected chi connectivity index (χ1v) is 11.7. The lowest BCUT2D eigenvalue weighted by molar-refractivity contribution is -0.274. The minimum absolute atomic E-state index is 0.0155. The number of thiophene rings is 1. The van der Waals surface area contributed by atoms with Crippen LogP contribution >= 0.6 is 11.3 Å². The predicted octanol–water partition coefficient (Wildman–Crippen LogP) is 5.60. The van der Waals surface area contributed by atoms with E-state index in [4.69, 9.17) is 9.47 Å². The number of benzene rings is 2. The molecule has 2 aromatic carbocycles. The SMILES string of the molecule is CCOC(=O)c1ccc(CNC(=O)c2cc(-c3ccccc3OC(F)(F)F)cs2)cc1C(=O)OCC. The van der Waals surface area contributed by atoms with E-state index >= 15 is 0 Å². The molecule has 1 N–H and O–H groups in total. The average Bonchev–Trinajstić information content (AvgIpc) is 3.32. The summed E-state index contributed by atoms with van der Waals surface area (Å²) in [7, 11) is 0. The highest BCUT2D eigenvalue weighted by molar-refractivity contribution is 7.12. The van der Waals surface area contributed by atoms with Crippen LogP contribution in [-0.4, -0.2) is 37.4 Å². The van der Waals surface area contributed by atoms with Crippen molar-refractivity contribution in [2.75, 3.05) is 13.2 Å². The molecule has 3 aromatic rings. The second kappa shape index (κ2) is 11.7. The first kappa shape index (κ1) is 26.7. The van der Waals surface area contributed by atoms with Crippen LogP contribution in [-0.2, 0) is 16.0 Å². The summed E-state index contributed by atoms with van der Waals surface area (Å²) in [6, 6.07) is 11.5. The number of nitrogens with one attached hydrogen (secondary N) is 1. The summed E-state index contributed by atoms with van der Waals surface area (Å²) in [4.78, 5) is 37.5. The molecule has 0 saturated carbocycles. The quantitative estimate of drug-likeness (QED) is 0.369. The van der Waals surface area contributed by atoms with Crippen molar-refractivity contribution < 1.29 is 41.8 Å². The lowest BCUT2D eigenvalue weighted by atomic mass is 10.0. The van der Waals surface area contributed by atoms with Gasteiger partial charge in [-0.3, -0.25) is 4.79 Å². The van der Waals surface area contributed by atoms with Crippen LogP contribution in [0, 0.1) is 0 Å². The molecule has 0 saturated heterocycles. The van der Waals surface area contributed by atoms with Gasteiger partial charge in [-0.1, -0.05) is 24.3 Å². The zero-order valence-electron chi connectivity index (χ0n) is 19.3. The third-order valence-electron chi connectivity index (χ3n) is 4.77. The topological polar surface area (TPSA) is 90.9 Å². The van der Waals surface area contributed by atoms with Crippen LogP contribution in [0.1, 0.15) is 49.8 Å². The van der Waals surface area contributed by atoms with Crippen molar-refractivity contribution in [3.8, 4) is 16.9 Å². The van der Waals surface area contributed by atoms with Crippen LogP contribution in [0.15, 0.2) is 53.9 Å². The van der Waals surface area contributed by atoms with Gasteiger partial charge in [0.25, 0.3) is 5.91 Å². The molecule has 1 amide bonds. The van der Waals surface area contributed by atoms with Gasteiger partial charge < -0.3 is 19.5 Å². The highest BCUT2D eigenvalue weighted by atomic mass is 32.1. The fourth-order valence-corrected chi connectivity index (χ4v) is 4.07. The summed E-state index contributed by atoms with van der Waals surface area (Å²) in [5.74, 6) is -2.20. The first-order valence-electron chi connectivity index (χ1n) is 10.8. The van der Waals surface area contributed by atoms with Crippen molar-refractivity contribution >= 4 is 29.2 Å². The molecule has 0 radical (unpaired) electrons. The van der Waals surface area contributed by atoms with E-state index in [-0.39, 0.29) is 47.1 Å². The van der Waals surface area contributed by atoms with Crippen LogP contribution in [0.25, 0.3) is 11.1 Å². The van der Waals surface area contributed by atoms with E-state index in [9.17, 15) is 27.6 Å². The number of halogens is 3. The second-order valence-electron chi connectivity index (χ2n) is 7.25. The molecular weight excluding hydrogens is 499 g/mol. The smallest absolute Gasteiger partial charge is 0.462 e. The van der Waals surface area contributed by atoms with Gasteiger partial charge in [0.1, 0.15) is 5.75 Å². The van der Waals surface area contributed by atoms with E-state index in [1.54, 1.807) is 31.4 Å². The van der Waals surface area contributed by atoms with Crippen LogP contribution < -0.4 is 10.1 Å². The Kier molecular flexibility index (Phi) is 8.70. The number of rotatable bonds is 9. The molecule has 0 atom stereocenters. The zero-order valence-corrected chi connectivity index (χ0v) is 20.1. The number of amides is 1. The summed E-state index contributed by atoms with van der Waals surface area (Å²) < 4.78 is 52.3. The molecular formula is C25H22F3NO6S. The molecule has 0 aliphatic heterocycles. The molecule has 0 unspecified atom stereocenters. The number of alkyl halides is 3. The van der Waals surface area contributed by atoms with Crippen molar-refractivity contribution in [3.05, 3.63) is 75.5 Å². The van der Waals surface area contributed by atoms with Gasteiger partial charge in [-0.2, -0.15) is 0 Å². The molecule has 11 heteroatoms. The van der Waals surface area contributed by atoms with Crippen molar-refractivity contribution in [1.29, 1.82) is 0 Å². The Morgan fingerprint density at radius 1 is 0.917 bits per heavy atom. The number of para-hydroxylation sites is 1. The Morgan fingerprint density at radius 3 is 2.25 bits per heavy atom. The predicted molar refractivity (Wildman–Crippen MR) is 126 cm³/mol. The minimum Gasteiger partial charge on any atom is -0.462 e. The number of ether oxygens (including phenoxy) is 3. The van der Waals surface area contributed by atoms with Gasteiger partial charge in [-0.05, 0) is 54.6 Å². The van der Waals surface area contributed by atoms with E-state index in [0.717, 1.165) is 11.3 Å². The molecule has 0 spiro atoms. The molecule has 0 aliphatic rings. The molecule has 190 valence electrons. The minimum atomic E-state index is -4.85. The normalized spacial score (nSPS) is 11.0. The maximum absolute atomic E-state index is 12.7. The molecule has 0 fully saturated rings. The number of hydrogen-bond acceptors (Lipinski definition) is 7. The van der Waals surface area contributed by atoms with Gasteiger partial charge >= 0.3 is 18.3 Å². The Hall–Kier alpha value is -3.86. The van der Waals surface area contributed by atoms with E-state index < -0.39 is 24.2 Å². The fourth-order valence-electron chi connectivity index (χ4n) is 3.25. The summed E-state index contributed by atoms with van der Waals surface area (Å²) in [5, 5.41) is 4.25. The molecule has 0 aliphatic carbocycles. The Bertz CT molecular complexity index is 1250. The van der Waals surface area contributed by atoms with E-state index in [2.05, 4.69) is 10.1 Å². The highest BCUT2D eigenvalue weighted by Crippen LogP contribution is 2.35. The summed E-state index contributed by atoms with van der Waals surface area (Å²) in [5.41, 5.74) is 1.18. The molecule has 7 nitrogen and oxygen atoms in total. The average molecular weight is 522 g/mol. The van der Waals surface area contributed by atoms with E-state index in [1.807, 2.05) is 0 Å².